The van der Waals surface area contributed by atoms with E-state index in [1.54, 1.807) is 24.4 Å². The van der Waals surface area contributed by atoms with Crippen LogP contribution in [0.5, 0.6) is 0 Å². The van der Waals surface area contributed by atoms with Crippen molar-refractivity contribution in [3.8, 4) is 0 Å². The number of benzene rings is 1. The van der Waals surface area contributed by atoms with Gasteiger partial charge in [-0.05, 0) is 18.2 Å². The third kappa shape index (κ3) is 3.36. The molecule has 0 spiro atoms. The zero-order valence-electron chi connectivity index (χ0n) is 7.30. The lowest BCUT2D eigenvalue weighted by Crippen LogP contribution is -2.13. The molecule has 1 aromatic rings. The van der Waals surface area contributed by atoms with Crippen molar-refractivity contribution in [3.63, 3.8) is 0 Å². The summed E-state index contributed by atoms with van der Waals surface area (Å²) in [6.07, 6.45) is 1.55. The van der Waals surface area contributed by atoms with Crippen molar-refractivity contribution in [2.75, 3.05) is 6.54 Å². The van der Waals surface area contributed by atoms with Crippen molar-refractivity contribution in [2.45, 2.75) is 0 Å². The molecular weight excluding hydrogens is 221 g/mol. The standard InChI is InChI=1S/C9H9Cl2N3/c10-7-1-2-8(11)6(3-7)4-14-5-9(12)13/h1-4H,5H2,(H3,12,13). The van der Waals surface area contributed by atoms with E-state index in [1.165, 1.54) is 0 Å². The van der Waals surface area contributed by atoms with Crippen LogP contribution in [0.25, 0.3) is 0 Å². The van der Waals surface area contributed by atoms with Crippen molar-refractivity contribution in [2.24, 2.45) is 10.7 Å². The number of hydrogen-bond donors (Lipinski definition) is 2. The van der Waals surface area contributed by atoms with Crippen molar-refractivity contribution in [1.29, 1.82) is 5.41 Å². The average Bonchev–Trinajstić information content (AvgIpc) is 2.10. The van der Waals surface area contributed by atoms with Crippen LogP contribution >= 0.6 is 23.2 Å². The summed E-state index contributed by atoms with van der Waals surface area (Å²) in [5, 5.41) is 8.13. The van der Waals surface area contributed by atoms with Crippen LogP contribution in [0, 0.1) is 5.41 Å². The maximum atomic E-state index is 6.96. The third-order valence-corrected chi connectivity index (χ3v) is 2.03. The number of hydrogen-bond acceptors (Lipinski definition) is 2. The van der Waals surface area contributed by atoms with E-state index in [0.717, 1.165) is 5.56 Å². The molecule has 0 atom stereocenters. The van der Waals surface area contributed by atoms with Crippen LogP contribution in [-0.2, 0) is 0 Å². The number of halogens is 2. The molecule has 14 heavy (non-hydrogen) atoms. The van der Waals surface area contributed by atoms with Gasteiger partial charge in [0.1, 0.15) is 5.84 Å². The number of aliphatic imine (C=N–C) groups is 1. The van der Waals surface area contributed by atoms with Crippen LogP contribution in [0.3, 0.4) is 0 Å². The van der Waals surface area contributed by atoms with Gasteiger partial charge in [-0.1, -0.05) is 23.2 Å². The summed E-state index contributed by atoms with van der Waals surface area (Å²) in [4.78, 5) is 3.93. The van der Waals surface area contributed by atoms with Gasteiger partial charge in [0.15, 0.2) is 0 Å². The van der Waals surface area contributed by atoms with Gasteiger partial charge < -0.3 is 5.73 Å². The molecule has 0 aliphatic rings. The van der Waals surface area contributed by atoms with Crippen LogP contribution in [0.15, 0.2) is 23.2 Å². The third-order valence-electron chi connectivity index (χ3n) is 1.45. The summed E-state index contributed by atoms with van der Waals surface area (Å²) < 4.78 is 0. The van der Waals surface area contributed by atoms with Crippen LogP contribution in [0.4, 0.5) is 0 Å². The van der Waals surface area contributed by atoms with E-state index in [1.807, 2.05) is 0 Å². The van der Waals surface area contributed by atoms with Crippen LogP contribution < -0.4 is 5.73 Å². The van der Waals surface area contributed by atoms with Gasteiger partial charge in [-0.25, -0.2) is 0 Å². The van der Waals surface area contributed by atoms with Gasteiger partial charge in [0.25, 0.3) is 0 Å². The molecular formula is C9H9Cl2N3. The molecule has 74 valence electrons. The van der Waals surface area contributed by atoms with Crippen LogP contribution in [0.1, 0.15) is 5.56 Å². The zero-order chi connectivity index (χ0) is 10.6. The first-order valence-corrected chi connectivity index (χ1v) is 4.63. The van der Waals surface area contributed by atoms with Gasteiger partial charge in [-0.2, -0.15) is 0 Å². The molecule has 0 radical (unpaired) electrons. The highest BCUT2D eigenvalue weighted by Gasteiger charge is 1.97. The molecule has 1 rings (SSSR count). The zero-order valence-corrected chi connectivity index (χ0v) is 8.81. The number of nitrogens with zero attached hydrogens (tertiary/aromatic N) is 1. The lowest BCUT2D eigenvalue weighted by Gasteiger charge is -1.97. The van der Waals surface area contributed by atoms with E-state index >= 15 is 0 Å². The van der Waals surface area contributed by atoms with Crippen molar-refractivity contribution in [3.05, 3.63) is 33.8 Å². The highest BCUT2D eigenvalue weighted by molar-refractivity contribution is 6.35. The molecule has 0 aromatic heterocycles. The fraction of sp³-hybridized carbons (Fsp3) is 0.111. The Kier molecular flexibility index (Phi) is 3.92. The van der Waals surface area contributed by atoms with Gasteiger partial charge in [-0.15, -0.1) is 0 Å². The first-order chi connectivity index (χ1) is 6.59. The van der Waals surface area contributed by atoms with Gasteiger partial charge in [0.05, 0.1) is 6.54 Å². The average molecular weight is 230 g/mol. The summed E-state index contributed by atoms with van der Waals surface area (Å²) in [6, 6.07) is 5.10. The van der Waals surface area contributed by atoms with Gasteiger partial charge in [0.2, 0.25) is 0 Å². The molecule has 0 fully saturated rings. The minimum atomic E-state index is 0.0133. The second-order valence-electron chi connectivity index (χ2n) is 2.66. The SMILES string of the molecule is N=C(N)CN=Cc1cc(Cl)ccc1Cl. The van der Waals surface area contributed by atoms with Gasteiger partial charge >= 0.3 is 0 Å². The number of nitrogens with two attached hydrogens (primary N) is 1. The Hall–Kier alpha value is -1.06. The lowest BCUT2D eigenvalue weighted by atomic mass is 10.2. The highest BCUT2D eigenvalue weighted by Crippen LogP contribution is 2.18. The van der Waals surface area contributed by atoms with E-state index in [2.05, 4.69) is 4.99 Å². The Balaban J connectivity index is 2.80. The van der Waals surface area contributed by atoms with E-state index in [-0.39, 0.29) is 12.4 Å². The van der Waals surface area contributed by atoms with Gasteiger partial charge in [0, 0.05) is 21.8 Å². The minimum Gasteiger partial charge on any atom is -0.386 e. The lowest BCUT2D eigenvalue weighted by molar-refractivity contribution is 1.24. The normalized spacial score (nSPS) is 10.7. The fourth-order valence-corrected chi connectivity index (χ4v) is 1.20. The molecule has 1 aromatic carbocycles. The maximum absolute atomic E-state index is 6.96. The van der Waals surface area contributed by atoms with E-state index in [4.69, 9.17) is 34.3 Å². The van der Waals surface area contributed by atoms with Crippen molar-refractivity contribution >= 4 is 35.3 Å². The Morgan fingerprint density at radius 1 is 1.50 bits per heavy atom. The Morgan fingerprint density at radius 3 is 2.86 bits per heavy atom. The first-order valence-electron chi connectivity index (χ1n) is 3.87. The molecule has 3 N–H and O–H groups in total. The predicted octanol–water partition coefficient (Wildman–Crippen LogP) is 2.35. The van der Waals surface area contributed by atoms with Gasteiger partial charge in [-0.3, -0.25) is 10.4 Å². The molecule has 3 nitrogen and oxygen atoms in total. The second kappa shape index (κ2) is 4.98. The largest absolute Gasteiger partial charge is 0.386 e. The molecule has 0 saturated heterocycles. The topological polar surface area (TPSA) is 62.2 Å². The van der Waals surface area contributed by atoms with Crippen molar-refractivity contribution in [1.82, 2.24) is 0 Å². The maximum Gasteiger partial charge on any atom is 0.113 e. The summed E-state index contributed by atoms with van der Waals surface area (Å²) in [7, 11) is 0. The highest BCUT2D eigenvalue weighted by atomic mass is 35.5. The molecule has 0 heterocycles. The molecule has 0 bridgehead atoms. The minimum absolute atomic E-state index is 0.0133. The molecule has 5 heteroatoms. The summed E-state index contributed by atoms with van der Waals surface area (Å²) >= 11 is 11.6. The quantitative estimate of drug-likeness (QED) is 0.607. The van der Waals surface area contributed by atoms with E-state index in [9.17, 15) is 0 Å². The molecule has 0 aliphatic carbocycles. The van der Waals surface area contributed by atoms with E-state index < -0.39 is 0 Å². The number of nitrogens with one attached hydrogen (secondary N) is 1. The summed E-state index contributed by atoms with van der Waals surface area (Å²) in [6.45, 7) is 0.169. The summed E-state index contributed by atoms with van der Waals surface area (Å²) in [5.41, 5.74) is 5.86. The van der Waals surface area contributed by atoms with E-state index in [0.29, 0.717) is 10.0 Å². The monoisotopic (exact) mass is 229 g/mol. The van der Waals surface area contributed by atoms with Crippen molar-refractivity contribution < 1.29 is 0 Å². The number of rotatable bonds is 3. The molecule has 0 amide bonds. The fourth-order valence-electron chi connectivity index (χ4n) is 0.856. The molecule has 0 saturated carbocycles. The number of amidine groups is 1. The Labute approximate surface area is 92.1 Å². The second-order valence-corrected chi connectivity index (χ2v) is 3.50. The Bertz CT molecular complexity index is 374. The molecule has 0 unspecified atom stereocenters. The smallest absolute Gasteiger partial charge is 0.113 e. The predicted molar refractivity (Wildman–Crippen MR) is 60.8 cm³/mol. The molecule has 0 aliphatic heterocycles. The summed E-state index contributed by atoms with van der Waals surface area (Å²) in [5.74, 6) is 0.0133. The van der Waals surface area contributed by atoms with Crippen LogP contribution in [-0.4, -0.2) is 18.6 Å². The van der Waals surface area contributed by atoms with Crippen LogP contribution in [0.2, 0.25) is 10.0 Å². The first kappa shape index (κ1) is 11.0. The Morgan fingerprint density at radius 2 is 2.21 bits per heavy atom.